The van der Waals surface area contributed by atoms with Crippen LogP contribution in [0, 0.1) is 0 Å². The van der Waals surface area contributed by atoms with Crippen molar-refractivity contribution in [1.29, 1.82) is 0 Å². The second-order valence-corrected chi connectivity index (χ2v) is 11.1. The standard InChI is InChI=1S/C26H32N2O3S/c1-25(2,3)21-9-5-20(6-10-21)24(30)28-17-18-32-26(28)13-15-27(16-14-26)23(29)19-7-11-22(31-4)12-8-19/h5-12H,13-18H2,1-4H3. The smallest absolute Gasteiger partial charge is 0.254 e. The number of rotatable bonds is 3. The van der Waals surface area contributed by atoms with Gasteiger partial charge in [0.15, 0.2) is 0 Å². The van der Waals surface area contributed by atoms with Crippen LogP contribution in [0.25, 0.3) is 0 Å². The van der Waals surface area contributed by atoms with Crippen molar-refractivity contribution in [3.63, 3.8) is 0 Å². The third-order valence-electron chi connectivity index (χ3n) is 6.59. The molecular formula is C26H32N2O3S. The Morgan fingerprint density at radius 1 is 0.875 bits per heavy atom. The van der Waals surface area contributed by atoms with Crippen molar-refractivity contribution >= 4 is 23.6 Å². The predicted octanol–water partition coefficient (Wildman–Crippen LogP) is 4.81. The quantitative estimate of drug-likeness (QED) is 0.670. The first-order chi connectivity index (χ1) is 15.2. The number of carbonyl (C=O) groups excluding carboxylic acids is 2. The molecule has 170 valence electrons. The van der Waals surface area contributed by atoms with Crippen molar-refractivity contribution in [2.75, 3.05) is 32.5 Å². The second kappa shape index (κ2) is 8.81. The van der Waals surface area contributed by atoms with Crippen LogP contribution in [0.5, 0.6) is 5.75 Å². The first-order valence-electron chi connectivity index (χ1n) is 11.2. The van der Waals surface area contributed by atoms with Crippen molar-refractivity contribution in [2.24, 2.45) is 0 Å². The van der Waals surface area contributed by atoms with Crippen LogP contribution in [0.2, 0.25) is 0 Å². The minimum absolute atomic E-state index is 0.0427. The highest BCUT2D eigenvalue weighted by molar-refractivity contribution is 8.00. The number of piperidine rings is 1. The highest BCUT2D eigenvalue weighted by Crippen LogP contribution is 2.44. The largest absolute Gasteiger partial charge is 0.497 e. The molecule has 2 fully saturated rings. The van der Waals surface area contributed by atoms with Crippen molar-refractivity contribution in [2.45, 2.75) is 43.9 Å². The normalized spacial score (nSPS) is 18.1. The monoisotopic (exact) mass is 452 g/mol. The van der Waals surface area contributed by atoms with Crippen molar-refractivity contribution in [1.82, 2.24) is 9.80 Å². The number of hydrogen-bond acceptors (Lipinski definition) is 4. The molecule has 2 saturated heterocycles. The van der Waals surface area contributed by atoms with Crippen LogP contribution in [-0.4, -0.2) is 59.0 Å². The SMILES string of the molecule is COc1ccc(C(=O)N2CCC3(CC2)SCCN3C(=O)c2ccc(C(C)(C)C)cc2)cc1. The number of likely N-dealkylation sites (tertiary alicyclic amines) is 1. The molecule has 0 N–H and O–H groups in total. The molecule has 0 aromatic heterocycles. The lowest BCUT2D eigenvalue weighted by Crippen LogP contribution is -2.53. The molecule has 2 aromatic rings. The molecule has 0 atom stereocenters. The molecular weight excluding hydrogens is 420 g/mol. The summed E-state index contributed by atoms with van der Waals surface area (Å²) in [5.41, 5.74) is 2.71. The number of carbonyl (C=O) groups is 2. The number of hydrogen-bond donors (Lipinski definition) is 0. The van der Waals surface area contributed by atoms with Gasteiger partial charge in [-0.15, -0.1) is 11.8 Å². The van der Waals surface area contributed by atoms with E-state index in [-0.39, 0.29) is 22.1 Å². The molecule has 2 heterocycles. The molecule has 2 aliphatic rings. The minimum Gasteiger partial charge on any atom is -0.497 e. The van der Waals surface area contributed by atoms with Gasteiger partial charge in [0.25, 0.3) is 11.8 Å². The van der Waals surface area contributed by atoms with Gasteiger partial charge in [0.05, 0.1) is 12.0 Å². The molecule has 2 aromatic carbocycles. The van der Waals surface area contributed by atoms with Crippen molar-refractivity contribution in [3.05, 3.63) is 65.2 Å². The van der Waals surface area contributed by atoms with E-state index in [9.17, 15) is 9.59 Å². The zero-order chi connectivity index (χ0) is 22.9. The number of ether oxygens (including phenoxy) is 1. The summed E-state index contributed by atoms with van der Waals surface area (Å²) >= 11 is 1.87. The maximum atomic E-state index is 13.4. The lowest BCUT2D eigenvalue weighted by Gasteiger charge is -2.44. The fourth-order valence-corrected chi connectivity index (χ4v) is 6.01. The third kappa shape index (κ3) is 4.38. The van der Waals surface area contributed by atoms with E-state index >= 15 is 0 Å². The molecule has 0 bridgehead atoms. The molecule has 0 saturated carbocycles. The van der Waals surface area contributed by atoms with Crippen LogP contribution in [0.15, 0.2) is 48.5 Å². The first-order valence-corrected chi connectivity index (χ1v) is 12.2. The third-order valence-corrected chi connectivity index (χ3v) is 8.14. The lowest BCUT2D eigenvalue weighted by molar-refractivity contribution is 0.0498. The van der Waals surface area contributed by atoms with E-state index in [0.29, 0.717) is 18.7 Å². The molecule has 32 heavy (non-hydrogen) atoms. The molecule has 0 unspecified atom stereocenters. The van der Waals surface area contributed by atoms with E-state index < -0.39 is 0 Å². The fourth-order valence-electron chi connectivity index (χ4n) is 4.55. The highest BCUT2D eigenvalue weighted by atomic mass is 32.2. The lowest BCUT2D eigenvalue weighted by atomic mass is 9.86. The van der Waals surface area contributed by atoms with E-state index in [1.54, 1.807) is 7.11 Å². The summed E-state index contributed by atoms with van der Waals surface area (Å²) in [7, 11) is 1.62. The number of nitrogens with zero attached hydrogens (tertiary/aromatic N) is 2. The summed E-state index contributed by atoms with van der Waals surface area (Å²) in [6.07, 6.45) is 1.59. The number of thioether (sulfide) groups is 1. The van der Waals surface area contributed by atoms with Crippen LogP contribution < -0.4 is 4.74 Å². The van der Waals surface area contributed by atoms with Crippen molar-refractivity contribution < 1.29 is 14.3 Å². The average molecular weight is 453 g/mol. The van der Waals surface area contributed by atoms with Crippen LogP contribution in [0.3, 0.4) is 0 Å². The Labute approximate surface area is 195 Å². The first kappa shape index (κ1) is 22.7. The van der Waals surface area contributed by atoms with Gasteiger partial charge in [-0.25, -0.2) is 0 Å². The summed E-state index contributed by atoms with van der Waals surface area (Å²) in [5.74, 6) is 1.83. The summed E-state index contributed by atoms with van der Waals surface area (Å²) in [4.78, 5) is 30.1. The van der Waals surface area contributed by atoms with Crippen LogP contribution in [0.1, 0.15) is 59.9 Å². The summed E-state index contributed by atoms with van der Waals surface area (Å²) in [6, 6.07) is 15.3. The topological polar surface area (TPSA) is 49.9 Å². The Hall–Kier alpha value is -2.47. The zero-order valence-electron chi connectivity index (χ0n) is 19.4. The minimum atomic E-state index is -0.212. The number of benzene rings is 2. The Morgan fingerprint density at radius 3 is 2.00 bits per heavy atom. The zero-order valence-corrected chi connectivity index (χ0v) is 20.2. The van der Waals surface area contributed by atoms with E-state index in [0.717, 1.165) is 36.5 Å². The van der Waals surface area contributed by atoms with Crippen molar-refractivity contribution in [3.8, 4) is 5.75 Å². The van der Waals surface area contributed by atoms with Gasteiger partial charge in [0, 0.05) is 36.5 Å². The Kier molecular flexibility index (Phi) is 6.26. The number of methoxy groups -OCH3 is 1. The van der Waals surface area contributed by atoms with Gasteiger partial charge in [-0.1, -0.05) is 32.9 Å². The highest BCUT2D eigenvalue weighted by Gasteiger charge is 2.47. The van der Waals surface area contributed by atoms with Gasteiger partial charge in [-0.3, -0.25) is 9.59 Å². The van der Waals surface area contributed by atoms with Gasteiger partial charge in [0.2, 0.25) is 0 Å². The maximum Gasteiger partial charge on any atom is 0.254 e. The Morgan fingerprint density at radius 2 is 1.44 bits per heavy atom. The van der Waals surface area contributed by atoms with Gasteiger partial charge < -0.3 is 14.5 Å². The van der Waals surface area contributed by atoms with E-state index in [1.165, 1.54) is 5.56 Å². The maximum absolute atomic E-state index is 13.4. The molecule has 6 heteroatoms. The molecule has 2 aliphatic heterocycles. The Balaban J connectivity index is 1.44. The second-order valence-electron chi connectivity index (χ2n) is 9.60. The van der Waals surface area contributed by atoms with E-state index in [4.69, 9.17) is 4.74 Å². The molecule has 1 spiro atoms. The predicted molar refractivity (Wildman–Crippen MR) is 129 cm³/mol. The summed E-state index contributed by atoms with van der Waals surface area (Å²) in [6.45, 7) is 8.61. The molecule has 0 aliphatic carbocycles. The molecule has 4 rings (SSSR count). The number of amides is 2. The van der Waals surface area contributed by atoms with Crippen LogP contribution >= 0.6 is 11.8 Å². The van der Waals surface area contributed by atoms with Crippen LogP contribution in [-0.2, 0) is 5.41 Å². The van der Waals surface area contributed by atoms with Crippen LogP contribution in [0.4, 0.5) is 0 Å². The average Bonchev–Trinajstić information content (AvgIpc) is 3.21. The fraction of sp³-hybridized carbons (Fsp3) is 0.462. The van der Waals surface area contributed by atoms with Gasteiger partial charge >= 0.3 is 0 Å². The molecule has 5 nitrogen and oxygen atoms in total. The van der Waals surface area contributed by atoms with Gasteiger partial charge in [-0.05, 0) is 60.2 Å². The molecule has 0 radical (unpaired) electrons. The summed E-state index contributed by atoms with van der Waals surface area (Å²) < 4.78 is 5.19. The van der Waals surface area contributed by atoms with E-state index in [1.807, 2.05) is 53.1 Å². The Bertz CT molecular complexity index is 972. The van der Waals surface area contributed by atoms with Gasteiger partial charge in [-0.2, -0.15) is 0 Å². The molecule has 2 amide bonds. The van der Waals surface area contributed by atoms with Gasteiger partial charge in [0.1, 0.15) is 5.75 Å². The van der Waals surface area contributed by atoms with E-state index in [2.05, 4.69) is 37.8 Å². The summed E-state index contributed by atoms with van der Waals surface area (Å²) in [5, 5.41) is 0.